The van der Waals surface area contributed by atoms with Gasteiger partial charge < -0.3 is 10.1 Å². The topological polar surface area (TPSA) is 76.9 Å². The fraction of sp³-hybridized carbons (Fsp3) is 0. The van der Waals surface area contributed by atoms with Gasteiger partial charge in [0.2, 0.25) is 0 Å². The summed E-state index contributed by atoms with van der Waals surface area (Å²) in [5, 5.41) is 18.4. The van der Waals surface area contributed by atoms with Gasteiger partial charge in [0.1, 0.15) is 5.69 Å². The van der Waals surface area contributed by atoms with E-state index in [-0.39, 0.29) is 5.69 Å². The van der Waals surface area contributed by atoms with E-state index in [1.165, 1.54) is 12.1 Å². The summed E-state index contributed by atoms with van der Waals surface area (Å²) in [5.41, 5.74) is 0.999. The van der Waals surface area contributed by atoms with Crippen LogP contribution in [0.15, 0.2) is 18.2 Å². The Kier molecular flexibility index (Phi) is 2.10. The molecule has 0 saturated heterocycles. The van der Waals surface area contributed by atoms with Gasteiger partial charge in [0, 0.05) is 5.39 Å². The van der Waals surface area contributed by atoms with Crippen molar-refractivity contribution in [3.63, 3.8) is 0 Å². The highest BCUT2D eigenvalue weighted by Gasteiger charge is 2.10. The molecule has 2 N–H and O–H groups in total. The standard InChI is InChI=1S/C10H5ClN2O2/c11-7-2-5(4-12)1-6-3-8(10(14)15)13-9(6)7/h1-3,13H,(H,14,15). The summed E-state index contributed by atoms with van der Waals surface area (Å²) in [4.78, 5) is 13.4. The molecule has 2 rings (SSSR count). The lowest BCUT2D eigenvalue weighted by Crippen LogP contribution is -1.94. The molecule has 5 heteroatoms. The number of aromatic carboxylic acids is 1. The minimum absolute atomic E-state index is 0.0574. The summed E-state index contributed by atoms with van der Waals surface area (Å²) < 4.78 is 0. The molecular formula is C10H5ClN2O2. The Morgan fingerprint density at radius 2 is 2.20 bits per heavy atom. The zero-order valence-electron chi connectivity index (χ0n) is 7.41. The van der Waals surface area contributed by atoms with Gasteiger partial charge in [0.25, 0.3) is 0 Å². The maximum atomic E-state index is 10.7. The summed E-state index contributed by atoms with van der Waals surface area (Å²) in [5.74, 6) is -1.05. The van der Waals surface area contributed by atoms with Crippen LogP contribution in [-0.4, -0.2) is 16.1 Å². The Labute approximate surface area is 89.7 Å². The molecule has 0 bridgehead atoms. The Morgan fingerprint density at radius 3 is 2.80 bits per heavy atom. The molecule has 1 heterocycles. The van der Waals surface area contributed by atoms with Crippen molar-refractivity contribution in [1.29, 1.82) is 5.26 Å². The number of rotatable bonds is 1. The highest BCUT2D eigenvalue weighted by Crippen LogP contribution is 2.25. The second kappa shape index (κ2) is 3.30. The van der Waals surface area contributed by atoms with Crippen LogP contribution >= 0.6 is 11.6 Å². The molecule has 0 radical (unpaired) electrons. The summed E-state index contributed by atoms with van der Waals surface area (Å²) >= 11 is 5.88. The molecule has 0 aliphatic heterocycles. The van der Waals surface area contributed by atoms with Crippen LogP contribution < -0.4 is 0 Å². The molecule has 1 aromatic heterocycles. The van der Waals surface area contributed by atoms with E-state index in [4.69, 9.17) is 22.0 Å². The molecule has 0 spiro atoms. The minimum atomic E-state index is -1.05. The van der Waals surface area contributed by atoms with Gasteiger partial charge in [-0.05, 0) is 18.2 Å². The van der Waals surface area contributed by atoms with Crippen LogP contribution in [0.4, 0.5) is 0 Å². The third kappa shape index (κ3) is 1.53. The van der Waals surface area contributed by atoms with Gasteiger partial charge in [-0.25, -0.2) is 4.79 Å². The zero-order valence-corrected chi connectivity index (χ0v) is 8.17. The van der Waals surface area contributed by atoms with Crippen molar-refractivity contribution < 1.29 is 9.90 Å². The SMILES string of the molecule is N#Cc1cc(Cl)c2[nH]c(C(=O)O)cc2c1. The van der Waals surface area contributed by atoms with Crippen LogP contribution in [0, 0.1) is 11.3 Å². The van der Waals surface area contributed by atoms with Crippen molar-refractivity contribution in [1.82, 2.24) is 4.98 Å². The normalized spacial score (nSPS) is 10.1. The van der Waals surface area contributed by atoms with E-state index in [2.05, 4.69) is 4.98 Å². The van der Waals surface area contributed by atoms with Gasteiger partial charge in [-0.2, -0.15) is 5.26 Å². The summed E-state index contributed by atoms with van der Waals surface area (Å²) in [6.45, 7) is 0. The summed E-state index contributed by atoms with van der Waals surface area (Å²) in [6.07, 6.45) is 0. The number of nitriles is 1. The molecule has 0 aliphatic carbocycles. The maximum Gasteiger partial charge on any atom is 0.352 e. The molecule has 0 fully saturated rings. The first-order chi connectivity index (χ1) is 7.11. The van der Waals surface area contributed by atoms with Crippen LogP contribution in [-0.2, 0) is 0 Å². The number of carboxylic acids is 1. The lowest BCUT2D eigenvalue weighted by atomic mass is 10.2. The maximum absolute atomic E-state index is 10.7. The monoisotopic (exact) mass is 220 g/mol. The van der Waals surface area contributed by atoms with Gasteiger partial charge in [-0.15, -0.1) is 0 Å². The minimum Gasteiger partial charge on any atom is -0.477 e. The summed E-state index contributed by atoms with van der Waals surface area (Å²) in [6, 6.07) is 6.48. The summed E-state index contributed by atoms with van der Waals surface area (Å²) in [7, 11) is 0. The van der Waals surface area contributed by atoms with E-state index in [1.54, 1.807) is 6.07 Å². The number of benzene rings is 1. The fourth-order valence-electron chi connectivity index (χ4n) is 1.38. The third-order valence-electron chi connectivity index (χ3n) is 2.04. The quantitative estimate of drug-likeness (QED) is 0.775. The van der Waals surface area contributed by atoms with E-state index in [9.17, 15) is 4.79 Å². The molecule has 0 unspecified atom stereocenters. The highest BCUT2D eigenvalue weighted by molar-refractivity contribution is 6.35. The number of halogens is 1. The Balaban J connectivity index is 2.76. The van der Waals surface area contributed by atoms with Gasteiger partial charge in [-0.1, -0.05) is 11.6 Å². The van der Waals surface area contributed by atoms with Crippen molar-refractivity contribution in [2.24, 2.45) is 0 Å². The number of carbonyl (C=O) groups is 1. The van der Waals surface area contributed by atoms with Crippen molar-refractivity contribution in [2.75, 3.05) is 0 Å². The van der Waals surface area contributed by atoms with Gasteiger partial charge in [-0.3, -0.25) is 0 Å². The van der Waals surface area contributed by atoms with Crippen molar-refractivity contribution in [2.45, 2.75) is 0 Å². The van der Waals surface area contributed by atoms with Crippen LogP contribution in [0.25, 0.3) is 10.9 Å². The van der Waals surface area contributed by atoms with Crippen LogP contribution in [0.3, 0.4) is 0 Å². The lowest BCUT2D eigenvalue weighted by Gasteiger charge is -1.94. The number of H-pyrrole nitrogens is 1. The Morgan fingerprint density at radius 1 is 1.47 bits per heavy atom. The van der Waals surface area contributed by atoms with Gasteiger partial charge >= 0.3 is 5.97 Å². The van der Waals surface area contributed by atoms with Crippen molar-refractivity contribution in [3.8, 4) is 6.07 Å². The molecule has 4 nitrogen and oxygen atoms in total. The molecule has 0 aliphatic rings. The predicted molar refractivity (Wildman–Crippen MR) is 55.0 cm³/mol. The molecule has 15 heavy (non-hydrogen) atoms. The molecule has 74 valence electrons. The first-order valence-electron chi connectivity index (χ1n) is 4.07. The largest absolute Gasteiger partial charge is 0.477 e. The number of fused-ring (bicyclic) bond motifs is 1. The second-order valence-corrected chi connectivity index (χ2v) is 3.43. The molecular weight excluding hydrogens is 216 g/mol. The lowest BCUT2D eigenvalue weighted by molar-refractivity contribution is 0.0691. The number of nitrogens with zero attached hydrogens (tertiary/aromatic N) is 1. The number of hydrogen-bond donors (Lipinski definition) is 2. The number of hydrogen-bond acceptors (Lipinski definition) is 2. The Bertz CT molecular complexity index is 595. The average molecular weight is 221 g/mol. The zero-order chi connectivity index (χ0) is 11.0. The van der Waals surface area contributed by atoms with Crippen LogP contribution in [0.5, 0.6) is 0 Å². The smallest absolute Gasteiger partial charge is 0.352 e. The number of carboxylic acid groups (broad SMARTS) is 1. The first-order valence-corrected chi connectivity index (χ1v) is 4.45. The average Bonchev–Trinajstić information content (AvgIpc) is 2.61. The van der Waals surface area contributed by atoms with E-state index in [0.29, 0.717) is 21.5 Å². The van der Waals surface area contributed by atoms with Gasteiger partial charge in [0.05, 0.1) is 22.2 Å². The van der Waals surface area contributed by atoms with Crippen LogP contribution in [0.1, 0.15) is 16.1 Å². The molecule has 2 aromatic rings. The second-order valence-electron chi connectivity index (χ2n) is 3.02. The molecule has 0 amide bonds. The molecule has 0 saturated carbocycles. The number of aromatic nitrogens is 1. The molecule has 0 atom stereocenters. The van der Waals surface area contributed by atoms with Crippen LogP contribution in [0.2, 0.25) is 5.02 Å². The van der Waals surface area contributed by atoms with E-state index < -0.39 is 5.97 Å². The predicted octanol–water partition coefficient (Wildman–Crippen LogP) is 2.39. The third-order valence-corrected chi connectivity index (χ3v) is 2.34. The first kappa shape index (κ1) is 9.56. The van der Waals surface area contributed by atoms with E-state index in [0.717, 1.165) is 0 Å². The van der Waals surface area contributed by atoms with Crippen molar-refractivity contribution >= 4 is 28.5 Å². The highest BCUT2D eigenvalue weighted by atomic mass is 35.5. The van der Waals surface area contributed by atoms with Crippen molar-refractivity contribution in [3.05, 3.63) is 34.5 Å². The molecule has 1 aromatic carbocycles. The number of nitrogens with one attached hydrogen (secondary N) is 1. The fourth-order valence-corrected chi connectivity index (χ4v) is 1.65. The van der Waals surface area contributed by atoms with Gasteiger partial charge in [0.15, 0.2) is 0 Å². The van der Waals surface area contributed by atoms with E-state index >= 15 is 0 Å². The van der Waals surface area contributed by atoms with E-state index in [1.807, 2.05) is 6.07 Å². The Hall–Kier alpha value is -1.99. The number of aromatic amines is 1.